The van der Waals surface area contributed by atoms with Crippen molar-refractivity contribution in [1.29, 1.82) is 0 Å². The van der Waals surface area contributed by atoms with Crippen LogP contribution in [0, 0.1) is 6.92 Å². The Kier molecular flexibility index (Phi) is 6.20. The largest absolute Gasteiger partial charge is 0.377 e. The van der Waals surface area contributed by atoms with E-state index in [4.69, 9.17) is 4.74 Å². The number of rotatable bonds is 7. The van der Waals surface area contributed by atoms with Crippen molar-refractivity contribution in [2.45, 2.75) is 32.4 Å². The number of hydrogen-bond donors (Lipinski definition) is 1. The number of carbonyl (C=O) groups is 1. The minimum atomic E-state index is 0.0118. The SMILES string of the molecule is Cc1ccc(NC(=O)CN(Cc2ccccc2)CC2CCCO2)cc1. The maximum absolute atomic E-state index is 12.5. The number of hydrogen-bond acceptors (Lipinski definition) is 3. The highest BCUT2D eigenvalue weighted by Crippen LogP contribution is 2.15. The molecule has 4 nitrogen and oxygen atoms in total. The van der Waals surface area contributed by atoms with Crippen molar-refractivity contribution < 1.29 is 9.53 Å². The Morgan fingerprint density at radius 2 is 1.92 bits per heavy atom. The van der Waals surface area contributed by atoms with Crippen LogP contribution in [0.4, 0.5) is 5.69 Å². The Labute approximate surface area is 149 Å². The van der Waals surface area contributed by atoms with Crippen LogP contribution in [0.1, 0.15) is 24.0 Å². The lowest BCUT2D eigenvalue weighted by molar-refractivity contribution is -0.117. The van der Waals surface area contributed by atoms with Crippen LogP contribution in [0.5, 0.6) is 0 Å². The molecule has 132 valence electrons. The van der Waals surface area contributed by atoms with Crippen LogP contribution in [0.3, 0.4) is 0 Å². The lowest BCUT2D eigenvalue weighted by Crippen LogP contribution is -2.37. The molecule has 1 saturated heterocycles. The van der Waals surface area contributed by atoms with Gasteiger partial charge in [0.2, 0.25) is 5.91 Å². The molecule has 1 aliphatic rings. The van der Waals surface area contributed by atoms with Crippen molar-refractivity contribution in [3.05, 3.63) is 65.7 Å². The van der Waals surface area contributed by atoms with Gasteiger partial charge in [0.05, 0.1) is 12.6 Å². The van der Waals surface area contributed by atoms with Crippen LogP contribution in [0.25, 0.3) is 0 Å². The summed E-state index contributed by atoms with van der Waals surface area (Å²) in [6.07, 6.45) is 2.42. The molecule has 1 unspecified atom stereocenters. The molecule has 1 N–H and O–H groups in total. The summed E-state index contributed by atoms with van der Waals surface area (Å²) in [6, 6.07) is 18.2. The van der Waals surface area contributed by atoms with Crippen LogP contribution in [0.2, 0.25) is 0 Å². The van der Waals surface area contributed by atoms with Crippen LogP contribution in [-0.4, -0.2) is 36.6 Å². The van der Waals surface area contributed by atoms with Gasteiger partial charge in [-0.1, -0.05) is 48.0 Å². The molecule has 4 heteroatoms. The number of amides is 1. The van der Waals surface area contributed by atoms with Gasteiger partial charge in [0.25, 0.3) is 0 Å². The number of ether oxygens (including phenoxy) is 1. The lowest BCUT2D eigenvalue weighted by atomic mass is 10.2. The van der Waals surface area contributed by atoms with Crippen molar-refractivity contribution >= 4 is 11.6 Å². The average Bonchev–Trinajstić information content (AvgIpc) is 3.11. The Bertz CT molecular complexity index is 664. The van der Waals surface area contributed by atoms with E-state index in [1.807, 2.05) is 49.4 Å². The molecule has 1 atom stereocenters. The van der Waals surface area contributed by atoms with Crippen molar-refractivity contribution in [1.82, 2.24) is 4.90 Å². The first-order valence-electron chi connectivity index (χ1n) is 8.93. The summed E-state index contributed by atoms with van der Waals surface area (Å²) >= 11 is 0. The zero-order valence-corrected chi connectivity index (χ0v) is 14.8. The van der Waals surface area contributed by atoms with E-state index in [2.05, 4.69) is 22.3 Å². The van der Waals surface area contributed by atoms with Crippen LogP contribution >= 0.6 is 0 Å². The summed E-state index contributed by atoms with van der Waals surface area (Å²) < 4.78 is 5.76. The van der Waals surface area contributed by atoms with Crippen molar-refractivity contribution in [2.75, 3.05) is 25.0 Å². The van der Waals surface area contributed by atoms with E-state index in [9.17, 15) is 4.79 Å². The minimum absolute atomic E-state index is 0.0118. The molecule has 2 aromatic rings. The fourth-order valence-electron chi connectivity index (χ4n) is 3.14. The number of carbonyl (C=O) groups excluding carboxylic acids is 1. The van der Waals surface area contributed by atoms with Gasteiger partial charge in [-0.2, -0.15) is 0 Å². The molecule has 0 aliphatic carbocycles. The monoisotopic (exact) mass is 338 g/mol. The first-order chi connectivity index (χ1) is 12.2. The second kappa shape index (κ2) is 8.79. The van der Waals surface area contributed by atoms with Gasteiger partial charge in [-0.25, -0.2) is 0 Å². The molecule has 1 fully saturated rings. The Balaban J connectivity index is 1.61. The zero-order chi connectivity index (χ0) is 17.5. The molecule has 1 heterocycles. The van der Waals surface area contributed by atoms with Crippen LogP contribution < -0.4 is 5.32 Å². The molecule has 1 amide bonds. The maximum atomic E-state index is 12.5. The van der Waals surface area contributed by atoms with Crippen LogP contribution in [-0.2, 0) is 16.1 Å². The molecular weight excluding hydrogens is 312 g/mol. The third kappa shape index (κ3) is 5.69. The minimum Gasteiger partial charge on any atom is -0.377 e. The van der Waals surface area contributed by atoms with E-state index < -0.39 is 0 Å². The molecule has 0 aromatic heterocycles. The lowest BCUT2D eigenvalue weighted by Gasteiger charge is -2.24. The van der Waals surface area contributed by atoms with E-state index in [0.29, 0.717) is 6.54 Å². The van der Waals surface area contributed by atoms with Gasteiger partial charge < -0.3 is 10.1 Å². The molecule has 3 rings (SSSR count). The molecule has 25 heavy (non-hydrogen) atoms. The average molecular weight is 338 g/mol. The predicted octanol–water partition coefficient (Wildman–Crippen LogP) is 3.61. The van der Waals surface area contributed by atoms with Gasteiger partial charge in [0.1, 0.15) is 0 Å². The van der Waals surface area contributed by atoms with Gasteiger partial charge in [0, 0.05) is 25.4 Å². The third-order valence-electron chi connectivity index (χ3n) is 4.44. The molecule has 0 radical (unpaired) electrons. The van der Waals surface area contributed by atoms with Crippen molar-refractivity contribution in [3.63, 3.8) is 0 Å². The molecule has 0 bridgehead atoms. The van der Waals surface area contributed by atoms with Crippen molar-refractivity contribution in [3.8, 4) is 0 Å². The number of nitrogens with zero attached hydrogens (tertiary/aromatic N) is 1. The van der Waals surface area contributed by atoms with Crippen LogP contribution in [0.15, 0.2) is 54.6 Å². The zero-order valence-electron chi connectivity index (χ0n) is 14.8. The van der Waals surface area contributed by atoms with Gasteiger partial charge in [-0.3, -0.25) is 9.69 Å². The number of aryl methyl sites for hydroxylation is 1. The molecular formula is C21H26N2O2. The van der Waals surface area contributed by atoms with Gasteiger partial charge in [0.15, 0.2) is 0 Å². The van der Waals surface area contributed by atoms with E-state index >= 15 is 0 Å². The first-order valence-corrected chi connectivity index (χ1v) is 8.93. The highest BCUT2D eigenvalue weighted by atomic mass is 16.5. The fourth-order valence-corrected chi connectivity index (χ4v) is 3.14. The molecule has 2 aromatic carbocycles. The molecule has 0 spiro atoms. The third-order valence-corrected chi connectivity index (χ3v) is 4.44. The molecule has 0 saturated carbocycles. The Morgan fingerprint density at radius 1 is 1.16 bits per heavy atom. The highest BCUT2D eigenvalue weighted by molar-refractivity contribution is 5.92. The fraction of sp³-hybridized carbons (Fsp3) is 0.381. The predicted molar refractivity (Wildman–Crippen MR) is 101 cm³/mol. The summed E-state index contributed by atoms with van der Waals surface area (Å²) in [6.45, 7) is 4.77. The maximum Gasteiger partial charge on any atom is 0.238 e. The standard InChI is InChI=1S/C21H26N2O2/c1-17-9-11-19(12-10-17)22-21(24)16-23(15-20-8-5-13-25-20)14-18-6-3-2-4-7-18/h2-4,6-7,9-12,20H,5,8,13-16H2,1H3,(H,22,24). The van der Waals surface area contributed by atoms with Gasteiger partial charge in [-0.05, 0) is 37.5 Å². The van der Waals surface area contributed by atoms with Crippen molar-refractivity contribution in [2.24, 2.45) is 0 Å². The van der Waals surface area contributed by atoms with Gasteiger partial charge in [-0.15, -0.1) is 0 Å². The van der Waals surface area contributed by atoms with E-state index in [1.165, 1.54) is 11.1 Å². The van der Waals surface area contributed by atoms with Gasteiger partial charge >= 0.3 is 0 Å². The van der Waals surface area contributed by atoms with E-state index in [-0.39, 0.29) is 12.0 Å². The first kappa shape index (κ1) is 17.6. The molecule has 1 aliphatic heterocycles. The summed E-state index contributed by atoms with van der Waals surface area (Å²) in [5.41, 5.74) is 3.23. The second-order valence-electron chi connectivity index (χ2n) is 6.70. The number of anilines is 1. The summed E-state index contributed by atoms with van der Waals surface area (Å²) in [4.78, 5) is 14.7. The number of benzene rings is 2. The quantitative estimate of drug-likeness (QED) is 0.838. The topological polar surface area (TPSA) is 41.6 Å². The second-order valence-corrected chi connectivity index (χ2v) is 6.70. The van der Waals surface area contributed by atoms with E-state index in [0.717, 1.165) is 38.2 Å². The van der Waals surface area contributed by atoms with E-state index in [1.54, 1.807) is 0 Å². The summed E-state index contributed by atoms with van der Waals surface area (Å²) in [7, 11) is 0. The summed E-state index contributed by atoms with van der Waals surface area (Å²) in [5.74, 6) is 0.0118. The smallest absolute Gasteiger partial charge is 0.238 e. The highest BCUT2D eigenvalue weighted by Gasteiger charge is 2.21. The Morgan fingerprint density at radius 3 is 2.60 bits per heavy atom. The summed E-state index contributed by atoms with van der Waals surface area (Å²) in [5, 5.41) is 2.99. The normalized spacial score (nSPS) is 17.0. The number of nitrogens with one attached hydrogen (secondary N) is 1. The Hall–Kier alpha value is -2.17.